The number of aryl methyl sites for hydroxylation is 1. The van der Waals surface area contributed by atoms with Crippen LogP contribution in [0.1, 0.15) is 60.5 Å². The quantitative estimate of drug-likeness (QED) is 0.370. The van der Waals surface area contributed by atoms with Crippen molar-refractivity contribution in [2.24, 2.45) is 11.8 Å². The van der Waals surface area contributed by atoms with Gasteiger partial charge in [-0.15, -0.1) is 5.48 Å². The van der Waals surface area contributed by atoms with Crippen LogP contribution in [0.25, 0.3) is 0 Å². The molecule has 2 saturated heterocycles. The van der Waals surface area contributed by atoms with Crippen molar-refractivity contribution in [3.05, 3.63) is 34.9 Å². The molecular formula is C22H29N2O6+. The van der Waals surface area contributed by atoms with Crippen molar-refractivity contribution in [3.8, 4) is 0 Å². The summed E-state index contributed by atoms with van der Waals surface area (Å²) in [5.41, 5.74) is 3.83. The van der Waals surface area contributed by atoms with E-state index in [2.05, 4.69) is 12.4 Å². The lowest BCUT2D eigenvalue weighted by Crippen LogP contribution is -2.53. The second-order valence-electron chi connectivity index (χ2n) is 9.13. The van der Waals surface area contributed by atoms with Crippen molar-refractivity contribution < 1.29 is 33.9 Å². The molecule has 0 aromatic heterocycles. The number of aliphatic carboxylic acids is 1. The van der Waals surface area contributed by atoms with E-state index in [0.717, 1.165) is 18.4 Å². The molecule has 4 rings (SSSR count). The van der Waals surface area contributed by atoms with Crippen LogP contribution < -0.4 is 5.48 Å². The zero-order valence-corrected chi connectivity index (χ0v) is 17.4. The van der Waals surface area contributed by atoms with Crippen molar-refractivity contribution in [3.63, 3.8) is 0 Å². The number of carboxylic acid groups (broad SMARTS) is 2. The van der Waals surface area contributed by atoms with Crippen molar-refractivity contribution in [2.45, 2.75) is 64.3 Å². The van der Waals surface area contributed by atoms with E-state index in [4.69, 9.17) is 4.84 Å². The first-order chi connectivity index (χ1) is 14.2. The van der Waals surface area contributed by atoms with Crippen molar-refractivity contribution in [1.29, 1.82) is 0 Å². The molecular weight excluding hydrogens is 388 g/mol. The van der Waals surface area contributed by atoms with Crippen LogP contribution in [0.4, 0.5) is 0 Å². The van der Waals surface area contributed by atoms with Gasteiger partial charge in [0.2, 0.25) is 5.54 Å². The first-order valence-corrected chi connectivity index (χ1v) is 10.6. The smallest absolute Gasteiger partial charge is 0.378 e. The van der Waals surface area contributed by atoms with Gasteiger partial charge in [0.25, 0.3) is 0 Å². The minimum Gasteiger partial charge on any atom is -0.481 e. The standard InChI is InChI=1S/C22H28N2O6/c1-13-5-7-16(19(25)26)15(10-13)12-30-23-18-4-3-9-24(18)21(29)22(24)11-14(2)6-8-17(22)20(27)28/h5,7,10,14,17-18,23H,3-4,6,8-9,11-12H2,1-2H3,(H-,25,26,27,28)/p+1. The number of rotatable bonds is 6. The number of benzene rings is 1. The molecule has 0 radical (unpaired) electrons. The molecule has 2 spiro atoms. The molecule has 1 aliphatic carbocycles. The van der Waals surface area contributed by atoms with Crippen molar-refractivity contribution in [1.82, 2.24) is 5.48 Å². The van der Waals surface area contributed by atoms with Crippen LogP contribution in [0.2, 0.25) is 0 Å². The Kier molecular flexibility index (Phi) is 5.20. The fourth-order valence-electron chi connectivity index (χ4n) is 5.98. The number of fused-ring (bicyclic) bond motifs is 1. The Morgan fingerprint density at radius 3 is 2.73 bits per heavy atom. The van der Waals surface area contributed by atoms with Crippen LogP contribution in [0, 0.1) is 18.8 Å². The summed E-state index contributed by atoms with van der Waals surface area (Å²) in [7, 11) is 0. The van der Waals surface area contributed by atoms with Crippen molar-refractivity contribution in [2.75, 3.05) is 6.54 Å². The van der Waals surface area contributed by atoms with Crippen LogP contribution in [0.15, 0.2) is 18.2 Å². The van der Waals surface area contributed by atoms with Gasteiger partial charge in [-0.1, -0.05) is 24.6 Å². The van der Waals surface area contributed by atoms with E-state index in [1.807, 2.05) is 6.92 Å². The monoisotopic (exact) mass is 417 g/mol. The molecule has 5 atom stereocenters. The number of carbonyl (C=O) groups is 3. The van der Waals surface area contributed by atoms with Gasteiger partial charge in [-0.2, -0.15) is 0 Å². The molecule has 1 saturated carbocycles. The molecule has 3 aliphatic rings. The third kappa shape index (κ3) is 2.97. The summed E-state index contributed by atoms with van der Waals surface area (Å²) in [6.07, 6.45) is 3.19. The molecule has 0 bridgehead atoms. The molecule has 1 amide bonds. The summed E-state index contributed by atoms with van der Waals surface area (Å²) in [4.78, 5) is 42.4. The van der Waals surface area contributed by atoms with E-state index in [0.29, 0.717) is 37.3 Å². The second-order valence-corrected chi connectivity index (χ2v) is 9.13. The zero-order chi connectivity index (χ0) is 21.7. The SMILES string of the molecule is Cc1ccc(C(=O)O)c(CONC2CCC[N+]23C(=O)C32CC(C)CCC2C(=O)O)c1. The van der Waals surface area contributed by atoms with Crippen LogP contribution in [-0.2, 0) is 21.0 Å². The van der Waals surface area contributed by atoms with Gasteiger partial charge in [-0.25, -0.2) is 14.1 Å². The summed E-state index contributed by atoms with van der Waals surface area (Å²) in [5.74, 6) is -2.23. The lowest BCUT2D eigenvalue weighted by Gasteiger charge is -2.33. The first kappa shape index (κ1) is 21.0. The maximum absolute atomic E-state index is 13.2. The van der Waals surface area contributed by atoms with Crippen molar-refractivity contribution >= 4 is 17.8 Å². The third-order valence-corrected chi connectivity index (χ3v) is 7.34. The first-order valence-electron chi connectivity index (χ1n) is 10.6. The fourth-order valence-corrected chi connectivity index (χ4v) is 5.98. The van der Waals surface area contributed by atoms with Gasteiger partial charge >= 0.3 is 17.8 Å². The molecule has 30 heavy (non-hydrogen) atoms. The summed E-state index contributed by atoms with van der Waals surface area (Å²) in [6.45, 7) is 4.65. The number of carboxylic acids is 2. The molecule has 1 aromatic carbocycles. The van der Waals surface area contributed by atoms with E-state index in [-0.39, 0.29) is 28.7 Å². The second kappa shape index (κ2) is 7.44. The number of hydrogen-bond donors (Lipinski definition) is 3. The topological polar surface area (TPSA) is 113 Å². The molecule has 2 aliphatic heterocycles. The van der Waals surface area contributed by atoms with E-state index in [1.54, 1.807) is 18.2 Å². The number of quaternary nitrogens is 1. The Hall–Kier alpha value is -2.29. The normalized spacial score (nSPS) is 35.1. The average Bonchev–Trinajstić information content (AvgIpc) is 3.00. The highest BCUT2D eigenvalue weighted by Gasteiger charge is 2.88. The summed E-state index contributed by atoms with van der Waals surface area (Å²) >= 11 is 0. The Labute approximate surface area is 175 Å². The van der Waals surface area contributed by atoms with E-state index >= 15 is 0 Å². The predicted octanol–water partition coefficient (Wildman–Crippen LogP) is 2.45. The average molecular weight is 417 g/mol. The molecule has 5 unspecified atom stereocenters. The maximum atomic E-state index is 13.2. The number of nitrogens with zero attached hydrogens (tertiary/aromatic N) is 1. The van der Waals surface area contributed by atoms with Gasteiger partial charge in [0.05, 0.1) is 18.7 Å². The van der Waals surface area contributed by atoms with Gasteiger partial charge in [-0.05, 0) is 37.3 Å². The molecule has 3 fully saturated rings. The highest BCUT2D eigenvalue weighted by atomic mass is 16.6. The van der Waals surface area contributed by atoms with Crippen LogP contribution >= 0.6 is 0 Å². The van der Waals surface area contributed by atoms with Crippen LogP contribution in [0.5, 0.6) is 0 Å². The number of hydroxylamine groups is 1. The number of hydrogen-bond acceptors (Lipinski definition) is 5. The fraction of sp³-hybridized carbons (Fsp3) is 0.591. The number of amides is 1. The lowest BCUT2D eigenvalue weighted by molar-refractivity contribution is -0.822. The summed E-state index contributed by atoms with van der Waals surface area (Å²) in [6, 6.07) is 5.08. The molecule has 8 heteroatoms. The lowest BCUT2D eigenvalue weighted by atomic mass is 9.73. The number of carbonyl (C=O) groups excluding carboxylic acids is 1. The molecule has 162 valence electrons. The minimum absolute atomic E-state index is 0.0156. The summed E-state index contributed by atoms with van der Waals surface area (Å²) in [5, 5.41) is 19.2. The molecule has 2 heterocycles. The largest absolute Gasteiger partial charge is 0.481 e. The van der Waals surface area contributed by atoms with Gasteiger partial charge in [-0.3, -0.25) is 9.63 Å². The molecule has 1 aromatic rings. The highest BCUT2D eigenvalue weighted by Crippen LogP contribution is 2.61. The number of nitrogens with one attached hydrogen (secondary N) is 1. The van der Waals surface area contributed by atoms with E-state index < -0.39 is 23.4 Å². The highest BCUT2D eigenvalue weighted by molar-refractivity contribution is 5.97. The van der Waals surface area contributed by atoms with Gasteiger partial charge < -0.3 is 10.2 Å². The van der Waals surface area contributed by atoms with Crippen LogP contribution in [-0.4, -0.2) is 50.8 Å². The Morgan fingerprint density at radius 2 is 2.03 bits per heavy atom. The van der Waals surface area contributed by atoms with Crippen LogP contribution in [0.3, 0.4) is 0 Å². The predicted molar refractivity (Wildman–Crippen MR) is 106 cm³/mol. The maximum Gasteiger partial charge on any atom is 0.378 e. The van der Waals surface area contributed by atoms with E-state index in [9.17, 15) is 24.6 Å². The molecule has 8 nitrogen and oxygen atoms in total. The number of aromatic carboxylic acids is 1. The van der Waals surface area contributed by atoms with Gasteiger partial charge in [0.15, 0.2) is 6.17 Å². The Bertz CT molecular complexity index is 902. The minimum atomic E-state index is -1.02. The van der Waals surface area contributed by atoms with Gasteiger partial charge in [0, 0.05) is 19.3 Å². The Balaban J connectivity index is 1.51. The zero-order valence-electron chi connectivity index (χ0n) is 17.4. The Morgan fingerprint density at radius 1 is 1.27 bits per heavy atom. The molecule has 3 N–H and O–H groups in total. The summed E-state index contributed by atoms with van der Waals surface area (Å²) < 4.78 is 0.147. The van der Waals surface area contributed by atoms with E-state index in [1.165, 1.54) is 0 Å². The van der Waals surface area contributed by atoms with Gasteiger partial charge in [0.1, 0.15) is 5.92 Å². The third-order valence-electron chi connectivity index (χ3n) is 7.34.